The Hall–Kier alpha value is -2.74. The van der Waals surface area contributed by atoms with E-state index in [0.29, 0.717) is 5.56 Å². The quantitative estimate of drug-likeness (QED) is 0.683. The first-order valence-electron chi connectivity index (χ1n) is 6.02. The summed E-state index contributed by atoms with van der Waals surface area (Å²) in [6.45, 7) is 0. The minimum absolute atomic E-state index is 0.0414. The van der Waals surface area contributed by atoms with Crippen molar-refractivity contribution < 1.29 is 23.2 Å². The number of non-ortho nitro benzene ring substituents is 1. The van der Waals surface area contributed by atoms with Gasteiger partial charge < -0.3 is 5.11 Å². The molecule has 0 bridgehead atoms. The molecule has 2 rings (SSSR count). The lowest BCUT2D eigenvalue weighted by Crippen LogP contribution is -2.02. The van der Waals surface area contributed by atoms with E-state index in [9.17, 15) is 28.4 Å². The molecule has 0 saturated heterocycles. The van der Waals surface area contributed by atoms with Crippen LogP contribution in [0.4, 0.5) is 5.69 Å². The van der Waals surface area contributed by atoms with Crippen LogP contribution >= 0.6 is 0 Å². The summed E-state index contributed by atoms with van der Waals surface area (Å²) in [5, 5.41) is 20.0. The van der Waals surface area contributed by atoms with Gasteiger partial charge in [0, 0.05) is 18.4 Å². The molecule has 0 aliphatic rings. The van der Waals surface area contributed by atoms with Crippen molar-refractivity contribution in [2.24, 2.45) is 0 Å². The standard InChI is InChI=1S/C14H11NO6S/c1-22(20,21)11-4-2-3-9(7-11)12-6-5-10(15(18)19)8-13(12)14(16)17/h2-8H,1H3,(H,16,17). The van der Waals surface area contributed by atoms with E-state index in [1.807, 2.05) is 0 Å². The molecular formula is C14H11NO6S. The molecule has 0 radical (unpaired) electrons. The van der Waals surface area contributed by atoms with Gasteiger partial charge in [-0.3, -0.25) is 10.1 Å². The Morgan fingerprint density at radius 3 is 2.41 bits per heavy atom. The summed E-state index contributed by atoms with van der Waals surface area (Å²) in [6.07, 6.45) is 1.04. The van der Waals surface area contributed by atoms with Crippen molar-refractivity contribution in [2.75, 3.05) is 6.26 Å². The van der Waals surface area contributed by atoms with Crippen molar-refractivity contribution in [1.29, 1.82) is 0 Å². The largest absolute Gasteiger partial charge is 0.478 e. The highest BCUT2D eigenvalue weighted by molar-refractivity contribution is 7.90. The summed E-state index contributed by atoms with van der Waals surface area (Å²) in [5.41, 5.74) is -0.0425. The average Bonchev–Trinajstić information content (AvgIpc) is 2.45. The molecule has 0 aliphatic heterocycles. The topological polar surface area (TPSA) is 115 Å². The van der Waals surface area contributed by atoms with Gasteiger partial charge in [0.1, 0.15) is 0 Å². The van der Waals surface area contributed by atoms with Crippen LogP contribution in [-0.4, -0.2) is 30.7 Å². The number of benzene rings is 2. The van der Waals surface area contributed by atoms with Crippen LogP contribution in [0.3, 0.4) is 0 Å². The molecule has 0 saturated carbocycles. The maximum atomic E-state index is 11.6. The second kappa shape index (κ2) is 5.57. The lowest BCUT2D eigenvalue weighted by molar-refractivity contribution is -0.384. The predicted molar refractivity (Wildman–Crippen MR) is 78.6 cm³/mol. The molecular weight excluding hydrogens is 310 g/mol. The van der Waals surface area contributed by atoms with Crippen LogP contribution in [0.15, 0.2) is 47.4 Å². The van der Waals surface area contributed by atoms with E-state index in [2.05, 4.69) is 0 Å². The lowest BCUT2D eigenvalue weighted by Gasteiger charge is -2.08. The summed E-state index contributed by atoms with van der Waals surface area (Å²) in [7, 11) is -3.44. The van der Waals surface area contributed by atoms with Crippen LogP contribution < -0.4 is 0 Å². The van der Waals surface area contributed by atoms with E-state index >= 15 is 0 Å². The molecule has 2 aromatic carbocycles. The molecule has 0 heterocycles. The maximum absolute atomic E-state index is 11.6. The van der Waals surface area contributed by atoms with E-state index in [1.165, 1.54) is 30.3 Å². The number of hydrogen-bond acceptors (Lipinski definition) is 5. The molecule has 22 heavy (non-hydrogen) atoms. The maximum Gasteiger partial charge on any atom is 0.336 e. The van der Waals surface area contributed by atoms with Crippen molar-refractivity contribution >= 4 is 21.5 Å². The van der Waals surface area contributed by atoms with Crippen LogP contribution in [0.2, 0.25) is 0 Å². The van der Waals surface area contributed by atoms with Crippen molar-refractivity contribution in [3.63, 3.8) is 0 Å². The third-order valence-electron chi connectivity index (χ3n) is 3.02. The van der Waals surface area contributed by atoms with Crippen molar-refractivity contribution in [3.05, 3.63) is 58.1 Å². The van der Waals surface area contributed by atoms with E-state index in [1.54, 1.807) is 6.07 Å². The molecule has 8 heteroatoms. The van der Waals surface area contributed by atoms with Gasteiger partial charge in [-0.25, -0.2) is 13.2 Å². The van der Waals surface area contributed by atoms with E-state index < -0.39 is 20.7 Å². The van der Waals surface area contributed by atoms with Gasteiger partial charge in [0.2, 0.25) is 0 Å². The molecule has 114 valence electrons. The molecule has 0 fully saturated rings. The zero-order valence-electron chi connectivity index (χ0n) is 11.4. The van der Waals surface area contributed by atoms with Gasteiger partial charge in [-0.1, -0.05) is 12.1 Å². The number of aromatic carboxylic acids is 1. The van der Waals surface area contributed by atoms with Gasteiger partial charge in [0.05, 0.1) is 15.4 Å². The van der Waals surface area contributed by atoms with Gasteiger partial charge in [-0.2, -0.15) is 0 Å². The summed E-state index contributed by atoms with van der Waals surface area (Å²) >= 11 is 0. The first-order chi connectivity index (χ1) is 10.2. The van der Waals surface area contributed by atoms with Gasteiger partial charge in [-0.05, 0) is 29.3 Å². The second-order valence-electron chi connectivity index (χ2n) is 4.59. The van der Waals surface area contributed by atoms with Crippen LogP contribution in [0.5, 0.6) is 0 Å². The number of nitro benzene ring substituents is 1. The zero-order chi connectivity index (χ0) is 16.5. The van der Waals surface area contributed by atoms with Gasteiger partial charge in [-0.15, -0.1) is 0 Å². The van der Waals surface area contributed by atoms with Gasteiger partial charge in [0.25, 0.3) is 5.69 Å². The molecule has 0 aromatic heterocycles. The Morgan fingerprint density at radius 2 is 1.86 bits per heavy atom. The monoisotopic (exact) mass is 321 g/mol. The van der Waals surface area contributed by atoms with Crippen LogP contribution in [0.25, 0.3) is 11.1 Å². The fourth-order valence-electron chi connectivity index (χ4n) is 1.97. The third-order valence-corrected chi connectivity index (χ3v) is 4.13. The highest BCUT2D eigenvalue weighted by Gasteiger charge is 2.18. The fourth-order valence-corrected chi connectivity index (χ4v) is 2.64. The number of hydrogen-bond donors (Lipinski definition) is 1. The fraction of sp³-hybridized carbons (Fsp3) is 0.0714. The Bertz CT molecular complexity index is 873. The van der Waals surface area contributed by atoms with Crippen molar-refractivity contribution in [2.45, 2.75) is 4.90 Å². The van der Waals surface area contributed by atoms with Gasteiger partial charge in [0.15, 0.2) is 9.84 Å². The summed E-state index contributed by atoms with van der Waals surface area (Å²) in [6, 6.07) is 9.18. The minimum Gasteiger partial charge on any atom is -0.478 e. The molecule has 0 aliphatic carbocycles. The van der Waals surface area contributed by atoms with Crippen molar-refractivity contribution in [3.8, 4) is 11.1 Å². The SMILES string of the molecule is CS(=O)(=O)c1cccc(-c2ccc([N+](=O)[O-])cc2C(=O)O)c1. The first kappa shape index (κ1) is 15.6. The minimum atomic E-state index is -3.44. The Balaban J connectivity index is 2.67. The lowest BCUT2D eigenvalue weighted by atomic mass is 9.99. The highest BCUT2D eigenvalue weighted by Crippen LogP contribution is 2.29. The van der Waals surface area contributed by atoms with Crippen LogP contribution in [0, 0.1) is 10.1 Å². The zero-order valence-corrected chi connectivity index (χ0v) is 12.2. The number of nitro groups is 1. The first-order valence-corrected chi connectivity index (χ1v) is 7.91. The Labute approximate surface area is 125 Å². The summed E-state index contributed by atoms with van der Waals surface area (Å²) < 4.78 is 23.1. The second-order valence-corrected chi connectivity index (χ2v) is 6.61. The van der Waals surface area contributed by atoms with E-state index in [4.69, 9.17) is 0 Å². The third kappa shape index (κ3) is 3.12. The number of rotatable bonds is 4. The highest BCUT2D eigenvalue weighted by atomic mass is 32.2. The molecule has 2 aromatic rings. The molecule has 0 spiro atoms. The van der Waals surface area contributed by atoms with Gasteiger partial charge >= 0.3 is 5.97 Å². The van der Waals surface area contributed by atoms with E-state index in [0.717, 1.165) is 12.3 Å². The Kier molecular flexibility index (Phi) is 3.96. The van der Waals surface area contributed by atoms with Crippen LogP contribution in [-0.2, 0) is 9.84 Å². The molecule has 0 atom stereocenters. The normalized spacial score (nSPS) is 11.1. The molecule has 7 nitrogen and oxygen atoms in total. The van der Waals surface area contributed by atoms with Crippen LogP contribution in [0.1, 0.15) is 10.4 Å². The molecule has 1 N–H and O–H groups in total. The Morgan fingerprint density at radius 1 is 1.18 bits per heavy atom. The smallest absolute Gasteiger partial charge is 0.336 e. The number of carboxylic acids is 1. The molecule has 0 amide bonds. The number of carbonyl (C=O) groups is 1. The number of sulfone groups is 1. The van der Waals surface area contributed by atoms with Crippen molar-refractivity contribution in [1.82, 2.24) is 0 Å². The average molecular weight is 321 g/mol. The summed E-state index contributed by atoms with van der Waals surface area (Å²) in [5.74, 6) is -1.33. The molecule has 0 unspecified atom stereocenters. The van der Waals surface area contributed by atoms with E-state index in [-0.39, 0.29) is 21.7 Å². The summed E-state index contributed by atoms with van der Waals surface area (Å²) in [4.78, 5) is 21.4. The predicted octanol–water partition coefficient (Wildman–Crippen LogP) is 2.36. The number of carboxylic acid groups (broad SMARTS) is 1. The number of nitrogens with zero attached hydrogens (tertiary/aromatic N) is 1.